The molecule has 7 nitrogen and oxygen atoms in total. The summed E-state index contributed by atoms with van der Waals surface area (Å²) in [6.45, 7) is 5.15. The van der Waals surface area contributed by atoms with Gasteiger partial charge in [0.2, 0.25) is 11.8 Å². The van der Waals surface area contributed by atoms with E-state index in [9.17, 15) is 14.4 Å². The largest absolute Gasteiger partial charge is 0.322 e. The number of fused-ring (bicyclic) bond motifs is 1. The van der Waals surface area contributed by atoms with Crippen molar-refractivity contribution in [3.63, 3.8) is 0 Å². The van der Waals surface area contributed by atoms with Crippen molar-refractivity contribution in [3.8, 4) is 0 Å². The summed E-state index contributed by atoms with van der Waals surface area (Å²) < 4.78 is 0. The number of carbonyl (C=O) groups is 3. The third-order valence-electron chi connectivity index (χ3n) is 5.71. The zero-order valence-corrected chi connectivity index (χ0v) is 14.9. The van der Waals surface area contributed by atoms with Gasteiger partial charge in [-0.05, 0) is 37.4 Å². The molecule has 1 aromatic carbocycles. The lowest BCUT2D eigenvalue weighted by atomic mass is 9.99. The van der Waals surface area contributed by atoms with Crippen LogP contribution in [-0.2, 0) is 22.7 Å². The van der Waals surface area contributed by atoms with E-state index in [1.165, 1.54) is 0 Å². The predicted molar refractivity (Wildman–Crippen MR) is 95.2 cm³/mol. The fourth-order valence-electron chi connectivity index (χ4n) is 4.11. The van der Waals surface area contributed by atoms with Crippen molar-refractivity contribution in [2.45, 2.75) is 50.9 Å². The van der Waals surface area contributed by atoms with Crippen molar-refractivity contribution in [3.05, 3.63) is 34.9 Å². The van der Waals surface area contributed by atoms with Crippen LogP contribution in [0, 0.1) is 0 Å². The Bertz CT molecular complexity index is 770. The lowest BCUT2D eigenvalue weighted by Crippen LogP contribution is -2.52. The summed E-state index contributed by atoms with van der Waals surface area (Å²) in [5.74, 6) is -0.744. The van der Waals surface area contributed by atoms with Crippen molar-refractivity contribution >= 4 is 17.7 Å². The summed E-state index contributed by atoms with van der Waals surface area (Å²) in [5.41, 5.74) is 2.66. The zero-order valence-electron chi connectivity index (χ0n) is 14.9. The van der Waals surface area contributed by atoms with E-state index in [0.717, 1.165) is 30.6 Å². The van der Waals surface area contributed by atoms with Crippen LogP contribution in [0.15, 0.2) is 18.2 Å². The number of piperidine rings is 1. The number of rotatable bonds is 4. The molecule has 3 aliphatic heterocycles. The molecule has 0 bridgehead atoms. The molecule has 0 aliphatic carbocycles. The molecule has 2 fully saturated rings. The standard InChI is InChI=1S/C19H24N4O3/c1-19(7-8-20-11-19)21-9-12-3-2-4-13-10-23(18(26)16(12)13)14-5-6-15(24)22-17(14)25/h2-4,14,20-21H,5-11H2,1H3,(H,22,24,25). The number of hydrogen-bond donors (Lipinski definition) is 3. The first-order valence-electron chi connectivity index (χ1n) is 9.18. The molecule has 26 heavy (non-hydrogen) atoms. The van der Waals surface area contributed by atoms with Crippen molar-refractivity contribution in [2.75, 3.05) is 13.1 Å². The van der Waals surface area contributed by atoms with Gasteiger partial charge in [-0.15, -0.1) is 0 Å². The first-order chi connectivity index (χ1) is 12.5. The summed E-state index contributed by atoms with van der Waals surface area (Å²) >= 11 is 0. The molecule has 3 amide bonds. The number of nitrogens with zero attached hydrogens (tertiary/aromatic N) is 1. The Labute approximate surface area is 152 Å². The summed E-state index contributed by atoms with van der Waals surface area (Å²) in [6.07, 6.45) is 1.72. The Morgan fingerprint density at radius 3 is 2.88 bits per heavy atom. The van der Waals surface area contributed by atoms with E-state index >= 15 is 0 Å². The van der Waals surface area contributed by atoms with Crippen molar-refractivity contribution in [2.24, 2.45) is 0 Å². The van der Waals surface area contributed by atoms with Gasteiger partial charge in [0.1, 0.15) is 6.04 Å². The molecule has 0 radical (unpaired) electrons. The first-order valence-corrected chi connectivity index (χ1v) is 9.18. The lowest BCUT2D eigenvalue weighted by Gasteiger charge is -2.29. The highest BCUT2D eigenvalue weighted by Gasteiger charge is 2.40. The molecular formula is C19H24N4O3. The number of hydrogen-bond acceptors (Lipinski definition) is 5. The van der Waals surface area contributed by atoms with Crippen LogP contribution in [0.2, 0.25) is 0 Å². The molecule has 3 aliphatic rings. The van der Waals surface area contributed by atoms with Gasteiger partial charge in [0, 0.05) is 37.2 Å². The first kappa shape index (κ1) is 17.2. The Kier molecular flexibility index (Phi) is 4.28. The second-order valence-electron chi connectivity index (χ2n) is 7.69. The van der Waals surface area contributed by atoms with Crippen molar-refractivity contribution < 1.29 is 14.4 Å². The highest BCUT2D eigenvalue weighted by molar-refractivity contribution is 6.05. The van der Waals surface area contributed by atoms with Crippen LogP contribution in [0.5, 0.6) is 0 Å². The van der Waals surface area contributed by atoms with Crippen LogP contribution >= 0.6 is 0 Å². The quantitative estimate of drug-likeness (QED) is 0.675. The Hall–Kier alpha value is -2.25. The SMILES string of the molecule is CC1(NCc2cccc3c2C(=O)N(C2CCC(=O)NC2=O)C3)CCNC1. The van der Waals surface area contributed by atoms with Crippen LogP contribution in [-0.4, -0.2) is 47.3 Å². The number of imide groups is 1. The number of benzene rings is 1. The molecule has 3 N–H and O–H groups in total. The molecule has 2 saturated heterocycles. The highest BCUT2D eigenvalue weighted by atomic mass is 16.2. The van der Waals surface area contributed by atoms with E-state index in [4.69, 9.17) is 0 Å². The van der Waals surface area contributed by atoms with Gasteiger partial charge in [-0.2, -0.15) is 0 Å². The number of amides is 3. The van der Waals surface area contributed by atoms with Crippen molar-refractivity contribution in [1.82, 2.24) is 20.9 Å². The van der Waals surface area contributed by atoms with Gasteiger partial charge >= 0.3 is 0 Å². The van der Waals surface area contributed by atoms with E-state index in [1.54, 1.807) is 4.90 Å². The summed E-state index contributed by atoms with van der Waals surface area (Å²) in [7, 11) is 0. The van der Waals surface area contributed by atoms with Gasteiger partial charge in [0.25, 0.3) is 5.91 Å². The van der Waals surface area contributed by atoms with E-state index < -0.39 is 6.04 Å². The minimum atomic E-state index is -0.565. The molecule has 0 spiro atoms. The monoisotopic (exact) mass is 356 g/mol. The third kappa shape index (κ3) is 3.01. The zero-order chi connectivity index (χ0) is 18.3. The van der Waals surface area contributed by atoms with Gasteiger partial charge in [-0.3, -0.25) is 19.7 Å². The Balaban J connectivity index is 1.53. The summed E-state index contributed by atoms with van der Waals surface area (Å²) in [4.78, 5) is 38.2. The number of carbonyl (C=O) groups excluding carboxylic acids is 3. The van der Waals surface area contributed by atoms with E-state index in [0.29, 0.717) is 25.1 Å². The maximum absolute atomic E-state index is 13.0. The molecule has 7 heteroatoms. The van der Waals surface area contributed by atoms with Crippen LogP contribution < -0.4 is 16.0 Å². The second kappa shape index (κ2) is 6.48. The van der Waals surface area contributed by atoms with Gasteiger partial charge in [0.15, 0.2) is 0 Å². The normalized spacial score (nSPS) is 28.4. The van der Waals surface area contributed by atoms with Gasteiger partial charge in [0.05, 0.1) is 0 Å². The van der Waals surface area contributed by atoms with Crippen LogP contribution in [0.3, 0.4) is 0 Å². The van der Waals surface area contributed by atoms with Crippen LogP contribution in [0.1, 0.15) is 47.7 Å². The van der Waals surface area contributed by atoms with Crippen molar-refractivity contribution in [1.29, 1.82) is 0 Å². The smallest absolute Gasteiger partial charge is 0.255 e. The second-order valence-corrected chi connectivity index (χ2v) is 7.69. The third-order valence-corrected chi connectivity index (χ3v) is 5.71. The molecule has 2 unspecified atom stereocenters. The fraction of sp³-hybridized carbons (Fsp3) is 0.526. The molecule has 0 saturated carbocycles. The van der Waals surface area contributed by atoms with Gasteiger partial charge < -0.3 is 15.5 Å². The van der Waals surface area contributed by atoms with E-state index in [1.807, 2.05) is 18.2 Å². The highest BCUT2D eigenvalue weighted by Crippen LogP contribution is 2.30. The summed E-state index contributed by atoms with van der Waals surface area (Å²) in [6, 6.07) is 5.32. The molecular weight excluding hydrogens is 332 g/mol. The molecule has 1 aromatic rings. The molecule has 4 rings (SSSR count). The fourth-order valence-corrected chi connectivity index (χ4v) is 4.11. The summed E-state index contributed by atoms with van der Waals surface area (Å²) in [5, 5.41) is 9.28. The van der Waals surface area contributed by atoms with Crippen LogP contribution in [0.4, 0.5) is 0 Å². The molecule has 0 aromatic heterocycles. The number of nitrogens with one attached hydrogen (secondary N) is 3. The maximum Gasteiger partial charge on any atom is 0.255 e. The van der Waals surface area contributed by atoms with Crippen LogP contribution in [0.25, 0.3) is 0 Å². The average Bonchev–Trinajstić information content (AvgIpc) is 3.18. The van der Waals surface area contributed by atoms with Gasteiger partial charge in [-0.25, -0.2) is 0 Å². The predicted octanol–water partition coefficient (Wildman–Crippen LogP) is 0.289. The lowest BCUT2D eigenvalue weighted by molar-refractivity contribution is -0.136. The van der Waals surface area contributed by atoms with Gasteiger partial charge in [-0.1, -0.05) is 18.2 Å². The minimum Gasteiger partial charge on any atom is -0.322 e. The van der Waals surface area contributed by atoms with E-state index in [2.05, 4.69) is 22.9 Å². The Morgan fingerprint density at radius 2 is 2.15 bits per heavy atom. The molecule has 3 heterocycles. The average molecular weight is 356 g/mol. The molecule has 138 valence electrons. The Morgan fingerprint density at radius 1 is 1.31 bits per heavy atom. The topological polar surface area (TPSA) is 90.5 Å². The minimum absolute atomic E-state index is 0.0354. The molecule has 2 atom stereocenters. The van der Waals surface area contributed by atoms with E-state index in [-0.39, 0.29) is 29.7 Å². The maximum atomic E-state index is 13.0.